The van der Waals surface area contributed by atoms with Gasteiger partial charge in [0.1, 0.15) is 5.82 Å². The SMILES string of the molecule is CCN(C)c1nc(C)ccc1C(=O)Nc1ccc2c(c1)CCN2C(=O)Cc1ccccn1. The van der Waals surface area contributed by atoms with Gasteiger partial charge in [0.25, 0.3) is 5.91 Å². The molecule has 3 aromatic rings. The summed E-state index contributed by atoms with van der Waals surface area (Å²) < 4.78 is 0. The van der Waals surface area contributed by atoms with Gasteiger partial charge in [0, 0.05) is 49.1 Å². The number of nitrogens with one attached hydrogen (secondary N) is 1. The Morgan fingerprint density at radius 2 is 2.00 bits per heavy atom. The van der Waals surface area contributed by atoms with Gasteiger partial charge in [-0.15, -0.1) is 0 Å². The summed E-state index contributed by atoms with van der Waals surface area (Å²) in [6.45, 7) is 5.31. The standard InChI is InChI=1S/C25H27N5O2/c1-4-29(3)24-21(10-8-17(2)27-24)25(32)28-20-9-11-22-18(15-20)12-14-30(22)23(31)16-19-7-5-6-13-26-19/h5-11,13,15H,4,12,14,16H2,1-3H3,(H,28,32). The topological polar surface area (TPSA) is 78.4 Å². The van der Waals surface area contributed by atoms with E-state index in [1.165, 1.54) is 0 Å². The molecule has 0 unspecified atom stereocenters. The summed E-state index contributed by atoms with van der Waals surface area (Å²) in [6, 6.07) is 14.9. The number of benzene rings is 1. The minimum Gasteiger partial charge on any atom is -0.359 e. The predicted molar refractivity (Wildman–Crippen MR) is 126 cm³/mol. The molecule has 7 heteroatoms. The summed E-state index contributed by atoms with van der Waals surface area (Å²) in [5, 5.41) is 2.99. The van der Waals surface area contributed by atoms with Crippen molar-refractivity contribution in [2.24, 2.45) is 0 Å². The van der Waals surface area contributed by atoms with E-state index in [-0.39, 0.29) is 18.2 Å². The summed E-state index contributed by atoms with van der Waals surface area (Å²) in [7, 11) is 1.92. The number of aromatic nitrogens is 2. The molecule has 32 heavy (non-hydrogen) atoms. The minimum atomic E-state index is -0.200. The molecule has 7 nitrogen and oxygen atoms in total. The van der Waals surface area contributed by atoms with E-state index in [1.807, 2.05) is 74.3 Å². The number of carbonyl (C=O) groups excluding carboxylic acids is 2. The average Bonchev–Trinajstić information content (AvgIpc) is 3.22. The Morgan fingerprint density at radius 1 is 1.16 bits per heavy atom. The highest BCUT2D eigenvalue weighted by Crippen LogP contribution is 2.31. The number of pyridine rings is 2. The molecule has 0 atom stereocenters. The van der Waals surface area contributed by atoms with Crippen molar-refractivity contribution in [2.45, 2.75) is 26.7 Å². The molecule has 1 N–H and O–H groups in total. The number of nitrogens with zero attached hydrogens (tertiary/aromatic N) is 4. The monoisotopic (exact) mass is 429 g/mol. The van der Waals surface area contributed by atoms with Crippen LogP contribution in [0.25, 0.3) is 0 Å². The lowest BCUT2D eigenvalue weighted by atomic mass is 10.1. The van der Waals surface area contributed by atoms with Crippen LogP contribution in [0.2, 0.25) is 0 Å². The van der Waals surface area contributed by atoms with Gasteiger partial charge in [0.05, 0.1) is 12.0 Å². The molecule has 1 aromatic carbocycles. The lowest BCUT2D eigenvalue weighted by Crippen LogP contribution is -2.30. The smallest absolute Gasteiger partial charge is 0.259 e. The van der Waals surface area contributed by atoms with E-state index in [0.29, 0.717) is 23.6 Å². The maximum atomic E-state index is 13.0. The number of rotatable bonds is 6. The molecule has 0 fully saturated rings. The van der Waals surface area contributed by atoms with Crippen LogP contribution < -0.4 is 15.1 Å². The summed E-state index contributed by atoms with van der Waals surface area (Å²) in [5.41, 5.74) is 4.81. The van der Waals surface area contributed by atoms with E-state index in [9.17, 15) is 9.59 Å². The zero-order valence-corrected chi connectivity index (χ0v) is 18.6. The van der Waals surface area contributed by atoms with Gasteiger partial charge in [-0.2, -0.15) is 0 Å². The van der Waals surface area contributed by atoms with E-state index in [2.05, 4.69) is 15.3 Å². The van der Waals surface area contributed by atoms with Crippen LogP contribution in [0.4, 0.5) is 17.2 Å². The number of aryl methyl sites for hydroxylation is 1. The lowest BCUT2D eigenvalue weighted by Gasteiger charge is -2.20. The van der Waals surface area contributed by atoms with Crippen molar-refractivity contribution in [3.05, 3.63) is 77.2 Å². The van der Waals surface area contributed by atoms with Gasteiger partial charge >= 0.3 is 0 Å². The van der Waals surface area contributed by atoms with Gasteiger partial charge in [-0.1, -0.05) is 6.07 Å². The maximum absolute atomic E-state index is 13.0. The van der Waals surface area contributed by atoms with Crippen molar-refractivity contribution < 1.29 is 9.59 Å². The molecule has 0 bridgehead atoms. The highest BCUT2D eigenvalue weighted by molar-refractivity contribution is 6.08. The molecule has 4 rings (SSSR count). The molecule has 0 spiro atoms. The molecule has 0 saturated carbocycles. The first-order chi connectivity index (χ1) is 15.5. The quantitative estimate of drug-likeness (QED) is 0.647. The molecule has 1 aliphatic heterocycles. The molecule has 0 radical (unpaired) electrons. The molecular formula is C25H27N5O2. The molecule has 2 amide bonds. The van der Waals surface area contributed by atoms with Gasteiger partial charge in [0.2, 0.25) is 5.91 Å². The number of amides is 2. The van der Waals surface area contributed by atoms with Gasteiger partial charge < -0.3 is 15.1 Å². The van der Waals surface area contributed by atoms with E-state index in [0.717, 1.165) is 35.6 Å². The van der Waals surface area contributed by atoms with Crippen LogP contribution in [-0.4, -0.2) is 41.9 Å². The van der Waals surface area contributed by atoms with Crippen LogP contribution in [0.15, 0.2) is 54.7 Å². The third-order valence-corrected chi connectivity index (χ3v) is 5.69. The van der Waals surface area contributed by atoms with Crippen LogP contribution in [0, 0.1) is 6.92 Å². The Bertz CT molecular complexity index is 1150. The number of anilines is 3. The Morgan fingerprint density at radius 3 is 2.75 bits per heavy atom. The van der Waals surface area contributed by atoms with E-state index in [4.69, 9.17) is 0 Å². The fourth-order valence-electron chi connectivity index (χ4n) is 3.85. The zero-order valence-electron chi connectivity index (χ0n) is 18.6. The van der Waals surface area contributed by atoms with Crippen molar-refractivity contribution in [1.82, 2.24) is 9.97 Å². The van der Waals surface area contributed by atoms with Crippen molar-refractivity contribution in [3.63, 3.8) is 0 Å². The number of carbonyl (C=O) groups is 2. The third-order valence-electron chi connectivity index (χ3n) is 5.69. The molecule has 0 aliphatic carbocycles. The van der Waals surface area contributed by atoms with E-state index < -0.39 is 0 Å². The summed E-state index contributed by atoms with van der Waals surface area (Å²) in [5.74, 6) is 0.489. The summed E-state index contributed by atoms with van der Waals surface area (Å²) in [6.07, 6.45) is 2.72. The van der Waals surface area contributed by atoms with Crippen LogP contribution in [0.5, 0.6) is 0 Å². The summed E-state index contributed by atoms with van der Waals surface area (Å²) >= 11 is 0. The third kappa shape index (κ3) is 4.46. The van der Waals surface area contributed by atoms with Crippen molar-refractivity contribution >= 4 is 29.0 Å². The van der Waals surface area contributed by atoms with Gasteiger partial charge in [-0.05, 0) is 68.3 Å². The molecular weight excluding hydrogens is 402 g/mol. The first-order valence-corrected chi connectivity index (χ1v) is 10.8. The Labute approximate surface area is 188 Å². The van der Waals surface area contributed by atoms with Gasteiger partial charge in [0.15, 0.2) is 0 Å². The highest BCUT2D eigenvalue weighted by Gasteiger charge is 2.25. The molecule has 2 aromatic heterocycles. The van der Waals surface area contributed by atoms with Crippen molar-refractivity contribution in [1.29, 1.82) is 0 Å². The first-order valence-electron chi connectivity index (χ1n) is 10.8. The molecule has 1 aliphatic rings. The number of hydrogen-bond donors (Lipinski definition) is 1. The highest BCUT2D eigenvalue weighted by atomic mass is 16.2. The fourth-order valence-corrected chi connectivity index (χ4v) is 3.85. The molecule has 164 valence electrons. The second-order valence-corrected chi connectivity index (χ2v) is 7.93. The fraction of sp³-hybridized carbons (Fsp3) is 0.280. The Balaban J connectivity index is 1.50. The zero-order chi connectivity index (χ0) is 22.7. The first kappa shape index (κ1) is 21.5. The van der Waals surface area contributed by atoms with Crippen molar-refractivity contribution in [2.75, 3.05) is 35.3 Å². The minimum absolute atomic E-state index is 0.0252. The van der Waals surface area contributed by atoms with E-state index in [1.54, 1.807) is 11.1 Å². The predicted octanol–water partition coefficient (Wildman–Crippen LogP) is 3.63. The average molecular weight is 430 g/mol. The van der Waals surface area contributed by atoms with Crippen LogP contribution >= 0.6 is 0 Å². The van der Waals surface area contributed by atoms with Crippen molar-refractivity contribution in [3.8, 4) is 0 Å². The summed E-state index contributed by atoms with van der Waals surface area (Å²) in [4.78, 5) is 38.3. The number of hydrogen-bond acceptors (Lipinski definition) is 5. The normalized spacial score (nSPS) is 12.4. The lowest BCUT2D eigenvalue weighted by molar-refractivity contribution is -0.117. The Kier molecular flexibility index (Phi) is 6.16. The van der Waals surface area contributed by atoms with E-state index >= 15 is 0 Å². The molecule has 3 heterocycles. The number of fused-ring (bicyclic) bond motifs is 1. The Hall–Kier alpha value is -3.74. The maximum Gasteiger partial charge on any atom is 0.259 e. The second-order valence-electron chi connectivity index (χ2n) is 7.93. The van der Waals surface area contributed by atoms with Crippen LogP contribution in [-0.2, 0) is 17.6 Å². The van der Waals surface area contributed by atoms with Crippen LogP contribution in [0.1, 0.15) is 34.2 Å². The second kappa shape index (κ2) is 9.18. The van der Waals surface area contributed by atoms with Gasteiger partial charge in [-0.3, -0.25) is 14.6 Å². The van der Waals surface area contributed by atoms with Crippen LogP contribution in [0.3, 0.4) is 0 Å². The largest absolute Gasteiger partial charge is 0.359 e. The van der Waals surface area contributed by atoms with Gasteiger partial charge in [-0.25, -0.2) is 4.98 Å². The molecule has 0 saturated heterocycles.